The molecule has 1 atom stereocenters. The second-order valence-electron chi connectivity index (χ2n) is 7.62. The van der Waals surface area contributed by atoms with Gasteiger partial charge in [0.05, 0.1) is 26.4 Å². The molecule has 1 unspecified atom stereocenters. The molecule has 1 aromatic rings. The van der Waals surface area contributed by atoms with Gasteiger partial charge in [-0.05, 0) is 37.6 Å². The van der Waals surface area contributed by atoms with Gasteiger partial charge in [0.15, 0.2) is 5.96 Å². The Morgan fingerprint density at radius 2 is 1.97 bits per heavy atom. The molecule has 0 aromatic heterocycles. The van der Waals surface area contributed by atoms with Crippen LogP contribution in [-0.4, -0.2) is 75.4 Å². The van der Waals surface area contributed by atoms with Crippen molar-refractivity contribution in [1.29, 1.82) is 0 Å². The predicted molar refractivity (Wildman–Crippen MR) is 136 cm³/mol. The molecule has 1 saturated heterocycles. The minimum atomic E-state index is 0. The standard InChI is InChI=1S/C23H40N4O2.HI/c1-5-24-23(27-12-11-22(18-27)19-29-14-13-28-4)25-16-20-9-8-10-21(15-20)17-26(6-2)7-3;/h8-10,15,22H,5-7,11-14,16-19H2,1-4H3,(H,24,25);1H. The van der Waals surface area contributed by atoms with Crippen LogP contribution >= 0.6 is 24.0 Å². The largest absolute Gasteiger partial charge is 0.382 e. The van der Waals surface area contributed by atoms with E-state index in [1.165, 1.54) is 11.1 Å². The van der Waals surface area contributed by atoms with Crippen molar-refractivity contribution in [3.63, 3.8) is 0 Å². The van der Waals surface area contributed by atoms with Gasteiger partial charge in [-0.1, -0.05) is 38.1 Å². The Morgan fingerprint density at radius 1 is 1.20 bits per heavy atom. The molecule has 0 spiro atoms. The van der Waals surface area contributed by atoms with Crippen molar-refractivity contribution in [3.8, 4) is 0 Å². The van der Waals surface area contributed by atoms with Crippen LogP contribution in [0.1, 0.15) is 38.3 Å². The third kappa shape index (κ3) is 9.49. The van der Waals surface area contributed by atoms with Crippen LogP contribution in [0.3, 0.4) is 0 Å². The molecule has 0 radical (unpaired) electrons. The first-order valence-electron chi connectivity index (χ1n) is 11.1. The van der Waals surface area contributed by atoms with E-state index in [-0.39, 0.29) is 24.0 Å². The summed E-state index contributed by atoms with van der Waals surface area (Å²) < 4.78 is 10.8. The molecule has 1 heterocycles. The normalized spacial score (nSPS) is 16.8. The Balaban J connectivity index is 0.00000450. The second-order valence-corrected chi connectivity index (χ2v) is 7.62. The van der Waals surface area contributed by atoms with Crippen molar-refractivity contribution in [3.05, 3.63) is 35.4 Å². The summed E-state index contributed by atoms with van der Waals surface area (Å²) in [7, 11) is 1.71. The summed E-state index contributed by atoms with van der Waals surface area (Å²) >= 11 is 0. The average Bonchev–Trinajstić information content (AvgIpc) is 3.21. The number of likely N-dealkylation sites (tertiary alicyclic amines) is 1. The van der Waals surface area contributed by atoms with Crippen molar-refractivity contribution in [2.45, 2.75) is 40.3 Å². The SMILES string of the molecule is CCNC(=NCc1cccc(CN(CC)CC)c1)N1CCC(COCCOC)C1.I. The summed E-state index contributed by atoms with van der Waals surface area (Å²) in [4.78, 5) is 9.73. The Kier molecular flexibility index (Phi) is 14.3. The fourth-order valence-electron chi connectivity index (χ4n) is 3.68. The zero-order chi connectivity index (χ0) is 20.9. The van der Waals surface area contributed by atoms with Gasteiger partial charge in [-0.15, -0.1) is 24.0 Å². The average molecular weight is 533 g/mol. The third-order valence-corrected chi connectivity index (χ3v) is 5.41. The van der Waals surface area contributed by atoms with E-state index in [9.17, 15) is 0 Å². The van der Waals surface area contributed by atoms with Gasteiger partial charge in [0, 0.05) is 39.2 Å². The fourth-order valence-corrected chi connectivity index (χ4v) is 3.68. The van der Waals surface area contributed by atoms with E-state index < -0.39 is 0 Å². The molecule has 1 N–H and O–H groups in total. The highest BCUT2D eigenvalue weighted by Crippen LogP contribution is 2.17. The van der Waals surface area contributed by atoms with Crippen LogP contribution in [0.15, 0.2) is 29.3 Å². The molecule has 0 aliphatic carbocycles. The first kappa shape index (κ1) is 27.1. The van der Waals surface area contributed by atoms with Crippen LogP contribution in [0.2, 0.25) is 0 Å². The Labute approximate surface area is 200 Å². The highest BCUT2D eigenvalue weighted by molar-refractivity contribution is 14.0. The summed E-state index contributed by atoms with van der Waals surface area (Å²) in [6.45, 7) is 15.5. The summed E-state index contributed by atoms with van der Waals surface area (Å²) in [5, 5.41) is 3.46. The van der Waals surface area contributed by atoms with Gasteiger partial charge < -0.3 is 19.7 Å². The molecule has 30 heavy (non-hydrogen) atoms. The number of ether oxygens (including phenoxy) is 2. The Morgan fingerprint density at radius 3 is 2.67 bits per heavy atom. The highest BCUT2D eigenvalue weighted by atomic mass is 127. The number of hydrogen-bond acceptors (Lipinski definition) is 4. The Bertz CT molecular complexity index is 611. The third-order valence-electron chi connectivity index (χ3n) is 5.41. The zero-order valence-electron chi connectivity index (χ0n) is 19.2. The molecule has 1 aliphatic rings. The van der Waals surface area contributed by atoms with Crippen molar-refractivity contribution >= 4 is 29.9 Å². The van der Waals surface area contributed by atoms with E-state index in [0.717, 1.165) is 58.3 Å². The molecule has 6 nitrogen and oxygen atoms in total. The van der Waals surface area contributed by atoms with E-state index >= 15 is 0 Å². The minimum absolute atomic E-state index is 0. The number of halogens is 1. The molecule has 172 valence electrons. The van der Waals surface area contributed by atoms with E-state index in [0.29, 0.717) is 25.7 Å². The number of benzene rings is 1. The van der Waals surface area contributed by atoms with Gasteiger partial charge in [0.1, 0.15) is 0 Å². The number of rotatable bonds is 12. The number of aliphatic imine (C=N–C) groups is 1. The van der Waals surface area contributed by atoms with Crippen LogP contribution < -0.4 is 5.32 Å². The summed E-state index contributed by atoms with van der Waals surface area (Å²) in [5.41, 5.74) is 2.63. The van der Waals surface area contributed by atoms with Gasteiger partial charge in [-0.3, -0.25) is 4.90 Å². The maximum atomic E-state index is 5.72. The van der Waals surface area contributed by atoms with Crippen LogP contribution in [0.4, 0.5) is 0 Å². The lowest BCUT2D eigenvalue weighted by atomic mass is 10.1. The van der Waals surface area contributed by atoms with E-state index in [1.54, 1.807) is 7.11 Å². The van der Waals surface area contributed by atoms with Crippen LogP contribution in [0.25, 0.3) is 0 Å². The maximum absolute atomic E-state index is 5.72. The van der Waals surface area contributed by atoms with Gasteiger partial charge in [-0.2, -0.15) is 0 Å². The van der Waals surface area contributed by atoms with Crippen LogP contribution in [0.5, 0.6) is 0 Å². The molecular weight excluding hydrogens is 491 g/mol. The van der Waals surface area contributed by atoms with Crippen LogP contribution in [0, 0.1) is 5.92 Å². The lowest BCUT2D eigenvalue weighted by Crippen LogP contribution is -2.40. The molecule has 1 fully saturated rings. The van der Waals surface area contributed by atoms with E-state index in [4.69, 9.17) is 14.5 Å². The van der Waals surface area contributed by atoms with Gasteiger partial charge in [-0.25, -0.2) is 4.99 Å². The molecule has 2 rings (SSSR count). The lowest BCUT2D eigenvalue weighted by Gasteiger charge is -2.22. The summed E-state index contributed by atoms with van der Waals surface area (Å²) in [5.74, 6) is 1.58. The van der Waals surface area contributed by atoms with Crippen molar-refractivity contribution in [2.75, 3.05) is 59.7 Å². The first-order chi connectivity index (χ1) is 14.2. The molecule has 0 amide bonds. The monoisotopic (exact) mass is 532 g/mol. The predicted octanol–water partition coefficient (Wildman–Crippen LogP) is 3.60. The van der Waals surface area contributed by atoms with Gasteiger partial charge in [0.2, 0.25) is 0 Å². The molecule has 1 aliphatic heterocycles. The van der Waals surface area contributed by atoms with Crippen LogP contribution in [-0.2, 0) is 22.6 Å². The van der Waals surface area contributed by atoms with Gasteiger partial charge in [0.25, 0.3) is 0 Å². The van der Waals surface area contributed by atoms with Crippen molar-refractivity contribution in [1.82, 2.24) is 15.1 Å². The quantitative estimate of drug-likeness (QED) is 0.193. The van der Waals surface area contributed by atoms with E-state index in [1.807, 2.05) is 0 Å². The molecule has 7 heteroatoms. The fraction of sp³-hybridized carbons (Fsp3) is 0.696. The summed E-state index contributed by atoms with van der Waals surface area (Å²) in [6.07, 6.45) is 1.15. The lowest BCUT2D eigenvalue weighted by molar-refractivity contribution is 0.0536. The highest BCUT2D eigenvalue weighted by Gasteiger charge is 2.24. The Hall–Kier alpha value is -0.900. The number of nitrogens with one attached hydrogen (secondary N) is 1. The first-order valence-corrected chi connectivity index (χ1v) is 11.1. The molecule has 1 aromatic carbocycles. The van der Waals surface area contributed by atoms with Gasteiger partial charge >= 0.3 is 0 Å². The maximum Gasteiger partial charge on any atom is 0.194 e. The number of guanidine groups is 1. The number of methoxy groups -OCH3 is 1. The summed E-state index contributed by atoms with van der Waals surface area (Å²) in [6, 6.07) is 8.84. The van der Waals surface area contributed by atoms with Crippen molar-refractivity contribution < 1.29 is 9.47 Å². The second kappa shape index (κ2) is 15.8. The molecule has 0 saturated carbocycles. The molecule has 0 bridgehead atoms. The van der Waals surface area contributed by atoms with Crippen molar-refractivity contribution in [2.24, 2.45) is 10.9 Å². The number of nitrogens with zero attached hydrogens (tertiary/aromatic N) is 3. The van der Waals surface area contributed by atoms with E-state index in [2.05, 4.69) is 60.2 Å². The number of hydrogen-bond donors (Lipinski definition) is 1. The smallest absolute Gasteiger partial charge is 0.194 e. The topological polar surface area (TPSA) is 49.3 Å². The molecular formula is C23H41IN4O2. The minimum Gasteiger partial charge on any atom is -0.382 e. The zero-order valence-corrected chi connectivity index (χ0v) is 21.6.